The van der Waals surface area contributed by atoms with E-state index >= 15 is 0 Å². The van der Waals surface area contributed by atoms with Crippen molar-refractivity contribution in [2.24, 2.45) is 0 Å². The van der Waals surface area contributed by atoms with Crippen LogP contribution in [0.5, 0.6) is 0 Å². The van der Waals surface area contributed by atoms with Gasteiger partial charge in [0.05, 0.1) is 5.69 Å². The lowest BCUT2D eigenvalue weighted by molar-refractivity contribution is 0.659. The zero-order chi connectivity index (χ0) is 10.9. The lowest BCUT2D eigenvalue weighted by atomic mass is 10.2. The van der Waals surface area contributed by atoms with Crippen molar-refractivity contribution in [3.05, 3.63) is 18.3 Å². The second-order valence-electron chi connectivity index (χ2n) is 3.66. The van der Waals surface area contributed by atoms with Gasteiger partial charge in [-0.15, -0.1) is 11.8 Å². The van der Waals surface area contributed by atoms with Gasteiger partial charge in [0.1, 0.15) is 5.03 Å². The fourth-order valence-corrected chi connectivity index (χ4v) is 2.31. The summed E-state index contributed by atoms with van der Waals surface area (Å²) < 4.78 is 0. The number of rotatable bonds is 7. The van der Waals surface area contributed by atoms with Crippen molar-refractivity contribution in [3.63, 3.8) is 0 Å². The van der Waals surface area contributed by atoms with Crippen LogP contribution in [0.1, 0.15) is 39.0 Å². The van der Waals surface area contributed by atoms with E-state index in [0.29, 0.717) is 0 Å². The second kappa shape index (κ2) is 7.57. The van der Waals surface area contributed by atoms with Crippen LogP contribution in [0, 0.1) is 0 Å². The van der Waals surface area contributed by atoms with Gasteiger partial charge in [-0.25, -0.2) is 4.98 Å². The number of hydrogen-bond donors (Lipinski definition) is 1. The zero-order valence-corrected chi connectivity index (χ0v) is 10.2. The summed E-state index contributed by atoms with van der Waals surface area (Å²) >= 11 is 1.77. The Kier molecular flexibility index (Phi) is 6.25. The van der Waals surface area contributed by atoms with Crippen molar-refractivity contribution in [3.8, 4) is 0 Å². The summed E-state index contributed by atoms with van der Waals surface area (Å²) in [5.74, 6) is 1.13. The first-order valence-corrected chi connectivity index (χ1v) is 6.66. The summed E-state index contributed by atoms with van der Waals surface area (Å²) in [6, 6.07) is 3.78. The van der Waals surface area contributed by atoms with Gasteiger partial charge < -0.3 is 5.73 Å². The monoisotopic (exact) mass is 224 g/mol. The van der Waals surface area contributed by atoms with Gasteiger partial charge in [-0.2, -0.15) is 0 Å². The Morgan fingerprint density at radius 3 is 2.80 bits per heavy atom. The molecule has 1 aromatic rings. The topological polar surface area (TPSA) is 38.9 Å². The largest absolute Gasteiger partial charge is 0.397 e. The molecule has 0 aromatic carbocycles. The van der Waals surface area contributed by atoms with Crippen LogP contribution in [-0.4, -0.2) is 10.7 Å². The lowest BCUT2D eigenvalue weighted by Crippen LogP contribution is -1.91. The maximum Gasteiger partial charge on any atom is 0.119 e. The quantitative estimate of drug-likeness (QED) is 0.566. The molecule has 2 nitrogen and oxygen atoms in total. The number of thioether (sulfide) groups is 1. The maximum atomic E-state index is 5.80. The van der Waals surface area contributed by atoms with Crippen LogP contribution >= 0.6 is 11.8 Å². The number of anilines is 1. The van der Waals surface area contributed by atoms with Crippen LogP contribution in [0.4, 0.5) is 5.69 Å². The van der Waals surface area contributed by atoms with Gasteiger partial charge in [-0.05, 0) is 24.3 Å². The summed E-state index contributed by atoms with van der Waals surface area (Å²) in [5, 5.41) is 0.980. The fraction of sp³-hybridized carbons (Fsp3) is 0.583. The average Bonchev–Trinajstić information content (AvgIpc) is 2.25. The fourth-order valence-electron chi connectivity index (χ4n) is 1.40. The first kappa shape index (κ1) is 12.4. The van der Waals surface area contributed by atoms with Gasteiger partial charge in [0, 0.05) is 6.20 Å². The third-order valence-corrected chi connectivity index (χ3v) is 3.39. The van der Waals surface area contributed by atoms with Gasteiger partial charge in [0.2, 0.25) is 0 Å². The summed E-state index contributed by atoms with van der Waals surface area (Å²) in [6.07, 6.45) is 8.41. The Bertz CT molecular complexity index is 276. The van der Waals surface area contributed by atoms with Gasteiger partial charge in [0.15, 0.2) is 0 Å². The van der Waals surface area contributed by atoms with Crippen LogP contribution in [0.15, 0.2) is 23.4 Å². The van der Waals surface area contributed by atoms with Crippen molar-refractivity contribution in [2.75, 3.05) is 11.5 Å². The Labute approximate surface area is 96.7 Å². The molecule has 0 aliphatic carbocycles. The summed E-state index contributed by atoms with van der Waals surface area (Å²) in [6.45, 7) is 2.24. The molecule has 0 atom stereocenters. The molecule has 2 N–H and O–H groups in total. The minimum atomic E-state index is 0.802. The van der Waals surface area contributed by atoms with E-state index in [9.17, 15) is 0 Å². The lowest BCUT2D eigenvalue weighted by Gasteiger charge is -2.03. The molecule has 1 rings (SSSR count). The molecule has 1 aromatic heterocycles. The molecule has 0 saturated heterocycles. The predicted molar refractivity (Wildman–Crippen MR) is 68.1 cm³/mol. The average molecular weight is 224 g/mol. The Morgan fingerprint density at radius 2 is 2.07 bits per heavy atom. The predicted octanol–water partition coefficient (Wildman–Crippen LogP) is 3.73. The number of nitrogens with two attached hydrogens (primary N) is 1. The number of aromatic nitrogens is 1. The van der Waals surface area contributed by atoms with E-state index in [4.69, 9.17) is 5.73 Å². The minimum absolute atomic E-state index is 0.802. The van der Waals surface area contributed by atoms with Crippen molar-refractivity contribution < 1.29 is 0 Å². The van der Waals surface area contributed by atoms with E-state index in [1.807, 2.05) is 12.1 Å². The zero-order valence-electron chi connectivity index (χ0n) is 9.41. The third-order valence-electron chi connectivity index (χ3n) is 2.29. The smallest absolute Gasteiger partial charge is 0.119 e. The molecule has 0 amide bonds. The van der Waals surface area contributed by atoms with Crippen molar-refractivity contribution in [2.45, 2.75) is 44.1 Å². The van der Waals surface area contributed by atoms with Gasteiger partial charge in [-0.3, -0.25) is 0 Å². The molecule has 0 bridgehead atoms. The highest BCUT2D eigenvalue weighted by atomic mass is 32.2. The van der Waals surface area contributed by atoms with Crippen LogP contribution < -0.4 is 5.73 Å². The number of nitrogen functional groups attached to an aromatic ring is 1. The van der Waals surface area contributed by atoms with E-state index in [1.54, 1.807) is 18.0 Å². The van der Waals surface area contributed by atoms with Crippen molar-refractivity contribution >= 4 is 17.4 Å². The third kappa shape index (κ3) is 5.07. The minimum Gasteiger partial charge on any atom is -0.397 e. The second-order valence-corrected chi connectivity index (χ2v) is 4.74. The molecule has 15 heavy (non-hydrogen) atoms. The number of nitrogens with zero attached hydrogens (tertiary/aromatic N) is 1. The van der Waals surface area contributed by atoms with Gasteiger partial charge in [-0.1, -0.05) is 32.6 Å². The SMILES string of the molecule is CCCCCCCSc1ncccc1N. The van der Waals surface area contributed by atoms with Gasteiger partial charge >= 0.3 is 0 Å². The molecule has 0 saturated carbocycles. The highest BCUT2D eigenvalue weighted by Gasteiger charge is 1.99. The molecular formula is C12H20N2S. The maximum absolute atomic E-state index is 5.80. The number of pyridine rings is 1. The molecular weight excluding hydrogens is 204 g/mol. The summed E-state index contributed by atoms with van der Waals surface area (Å²) in [4.78, 5) is 4.25. The van der Waals surface area contributed by atoms with Crippen LogP contribution in [0.2, 0.25) is 0 Å². The van der Waals surface area contributed by atoms with Crippen molar-refractivity contribution in [1.82, 2.24) is 4.98 Å². The standard InChI is InChI=1S/C12H20N2S/c1-2-3-4-5-6-10-15-12-11(13)8-7-9-14-12/h7-9H,2-6,10,13H2,1H3. The first-order chi connectivity index (χ1) is 7.34. The van der Waals surface area contributed by atoms with Gasteiger partial charge in [0.25, 0.3) is 0 Å². The Balaban J connectivity index is 2.12. The normalized spacial score (nSPS) is 10.5. The molecule has 0 spiro atoms. The molecule has 3 heteroatoms. The molecule has 0 aliphatic rings. The van der Waals surface area contributed by atoms with Crippen LogP contribution in [0.3, 0.4) is 0 Å². The first-order valence-electron chi connectivity index (χ1n) is 5.68. The Hall–Kier alpha value is -0.700. The number of hydrogen-bond acceptors (Lipinski definition) is 3. The molecule has 0 fully saturated rings. The van der Waals surface area contributed by atoms with E-state index in [0.717, 1.165) is 16.5 Å². The summed E-state index contributed by atoms with van der Waals surface area (Å²) in [7, 11) is 0. The van der Waals surface area contributed by atoms with E-state index in [-0.39, 0.29) is 0 Å². The van der Waals surface area contributed by atoms with E-state index in [2.05, 4.69) is 11.9 Å². The highest BCUT2D eigenvalue weighted by molar-refractivity contribution is 7.99. The number of unbranched alkanes of at least 4 members (excludes halogenated alkanes) is 4. The molecule has 0 radical (unpaired) electrons. The van der Waals surface area contributed by atoms with Crippen LogP contribution in [-0.2, 0) is 0 Å². The molecule has 84 valence electrons. The molecule has 1 heterocycles. The Morgan fingerprint density at radius 1 is 1.27 bits per heavy atom. The van der Waals surface area contributed by atoms with E-state index in [1.165, 1.54) is 32.1 Å². The highest BCUT2D eigenvalue weighted by Crippen LogP contribution is 2.22. The summed E-state index contributed by atoms with van der Waals surface area (Å²) in [5.41, 5.74) is 6.60. The van der Waals surface area contributed by atoms with E-state index < -0.39 is 0 Å². The van der Waals surface area contributed by atoms with Crippen LogP contribution in [0.25, 0.3) is 0 Å². The molecule has 0 aliphatic heterocycles. The van der Waals surface area contributed by atoms with Crippen molar-refractivity contribution in [1.29, 1.82) is 0 Å². The molecule has 0 unspecified atom stereocenters.